The smallest absolute Gasteiger partial charge is 0.244 e. The van der Waals surface area contributed by atoms with Gasteiger partial charge in [-0.15, -0.1) is 0 Å². The molecular formula is C20H24ClFN2O4S. The molecule has 2 aromatic carbocycles. The van der Waals surface area contributed by atoms with Crippen LogP contribution in [0.15, 0.2) is 42.5 Å². The number of nitrogens with one attached hydrogen (secondary N) is 1. The van der Waals surface area contributed by atoms with Gasteiger partial charge in [-0.2, -0.15) is 0 Å². The van der Waals surface area contributed by atoms with Crippen LogP contribution in [-0.4, -0.2) is 39.8 Å². The van der Waals surface area contributed by atoms with Crippen molar-refractivity contribution in [2.24, 2.45) is 0 Å². The SMILES string of the molecule is CC[C@@H](C(=O)NCCOc1ccc(C)c(Cl)c1)N(c1ccccc1F)S(C)(=O)=O. The summed E-state index contributed by atoms with van der Waals surface area (Å²) in [7, 11) is -3.89. The first-order valence-electron chi connectivity index (χ1n) is 9.05. The van der Waals surface area contributed by atoms with Gasteiger partial charge >= 0.3 is 0 Å². The standard InChI is InChI=1S/C20H24ClFN2O4S/c1-4-18(24(29(3,26)27)19-8-6-5-7-17(19)22)20(25)23-11-12-28-15-10-9-14(2)16(21)13-15/h5-10,13,18H,4,11-12H2,1-3H3,(H,23,25)/t18-/m0/s1. The van der Waals surface area contributed by atoms with Crippen LogP contribution in [0.1, 0.15) is 18.9 Å². The zero-order chi connectivity index (χ0) is 21.6. The number of halogens is 2. The van der Waals surface area contributed by atoms with Gasteiger partial charge in [-0.3, -0.25) is 9.10 Å². The fourth-order valence-corrected chi connectivity index (χ4v) is 4.17. The number of sulfonamides is 1. The average Bonchev–Trinajstić information content (AvgIpc) is 2.65. The molecule has 1 N–H and O–H groups in total. The average molecular weight is 443 g/mol. The van der Waals surface area contributed by atoms with E-state index in [1.54, 1.807) is 19.1 Å². The number of aryl methyl sites for hydroxylation is 1. The van der Waals surface area contributed by atoms with Crippen molar-refractivity contribution in [3.8, 4) is 5.75 Å². The van der Waals surface area contributed by atoms with Gasteiger partial charge in [-0.05, 0) is 43.2 Å². The fourth-order valence-electron chi connectivity index (χ4n) is 2.79. The van der Waals surface area contributed by atoms with Crippen molar-refractivity contribution in [3.63, 3.8) is 0 Å². The minimum atomic E-state index is -3.89. The Morgan fingerprint density at radius 2 is 1.97 bits per heavy atom. The van der Waals surface area contributed by atoms with Crippen LogP contribution in [0.2, 0.25) is 5.02 Å². The van der Waals surface area contributed by atoms with Crippen molar-refractivity contribution in [1.82, 2.24) is 5.32 Å². The van der Waals surface area contributed by atoms with Crippen LogP contribution in [0.5, 0.6) is 5.75 Å². The minimum absolute atomic E-state index is 0.149. The molecule has 2 rings (SSSR count). The summed E-state index contributed by atoms with van der Waals surface area (Å²) in [5.74, 6) is -0.693. The van der Waals surface area contributed by atoms with Crippen LogP contribution in [0, 0.1) is 12.7 Å². The van der Waals surface area contributed by atoms with Crippen LogP contribution >= 0.6 is 11.6 Å². The molecule has 0 radical (unpaired) electrons. The number of ether oxygens (including phenoxy) is 1. The number of nitrogens with zero attached hydrogens (tertiary/aromatic N) is 1. The molecule has 0 aromatic heterocycles. The molecule has 0 fully saturated rings. The lowest BCUT2D eigenvalue weighted by molar-refractivity contribution is -0.122. The largest absolute Gasteiger partial charge is 0.492 e. The number of anilines is 1. The van der Waals surface area contributed by atoms with Crippen LogP contribution in [0.4, 0.5) is 10.1 Å². The quantitative estimate of drug-likeness (QED) is 0.603. The van der Waals surface area contributed by atoms with Crippen molar-refractivity contribution in [3.05, 3.63) is 58.9 Å². The molecule has 6 nitrogen and oxygen atoms in total. The van der Waals surface area contributed by atoms with Gasteiger partial charge in [-0.25, -0.2) is 12.8 Å². The summed E-state index contributed by atoms with van der Waals surface area (Å²) in [6.45, 7) is 3.85. The van der Waals surface area contributed by atoms with Crippen LogP contribution in [-0.2, 0) is 14.8 Å². The Bertz CT molecular complexity index is 969. The summed E-state index contributed by atoms with van der Waals surface area (Å²) in [5, 5.41) is 3.22. The highest BCUT2D eigenvalue weighted by Crippen LogP contribution is 2.25. The minimum Gasteiger partial charge on any atom is -0.492 e. The van der Waals surface area contributed by atoms with E-state index in [1.165, 1.54) is 18.2 Å². The predicted molar refractivity (Wildman–Crippen MR) is 112 cm³/mol. The van der Waals surface area contributed by atoms with Crippen LogP contribution in [0.25, 0.3) is 0 Å². The highest BCUT2D eigenvalue weighted by molar-refractivity contribution is 7.92. The predicted octanol–water partition coefficient (Wildman–Crippen LogP) is 3.53. The van der Waals surface area contributed by atoms with Gasteiger partial charge in [-0.1, -0.05) is 36.7 Å². The second-order valence-corrected chi connectivity index (χ2v) is 8.75. The number of para-hydroxylation sites is 1. The lowest BCUT2D eigenvalue weighted by Crippen LogP contribution is -2.50. The third-order valence-electron chi connectivity index (χ3n) is 4.23. The topological polar surface area (TPSA) is 75.7 Å². The zero-order valence-electron chi connectivity index (χ0n) is 16.5. The molecule has 0 unspecified atom stereocenters. The molecule has 0 saturated carbocycles. The number of amides is 1. The van der Waals surface area contributed by atoms with Crippen LogP contribution in [0.3, 0.4) is 0 Å². The molecular weight excluding hydrogens is 419 g/mol. The van der Waals surface area contributed by atoms with Gasteiger partial charge in [0.2, 0.25) is 15.9 Å². The van der Waals surface area contributed by atoms with E-state index in [-0.39, 0.29) is 25.3 Å². The molecule has 158 valence electrons. The summed E-state index contributed by atoms with van der Waals surface area (Å²) in [6.07, 6.45) is 1.11. The summed E-state index contributed by atoms with van der Waals surface area (Å²) in [4.78, 5) is 12.6. The number of rotatable bonds is 9. The first-order valence-corrected chi connectivity index (χ1v) is 11.3. The third kappa shape index (κ3) is 6.08. The molecule has 0 aliphatic carbocycles. The molecule has 2 aromatic rings. The van der Waals surface area contributed by atoms with Gasteiger partial charge in [0.15, 0.2) is 0 Å². The lowest BCUT2D eigenvalue weighted by atomic mass is 10.2. The maximum Gasteiger partial charge on any atom is 0.244 e. The van der Waals surface area contributed by atoms with Gasteiger partial charge in [0.1, 0.15) is 24.2 Å². The van der Waals surface area contributed by atoms with Crippen molar-refractivity contribution in [1.29, 1.82) is 0 Å². The van der Waals surface area contributed by atoms with E-state index in [0.29, 0.717) is 10.8 Å². The number of carbonyl (C=O) groups excluding carboxylic acids is 1. The number of hydrogen-bond acceptors (Lipinski definition) is 4. The molecule has 9 heteroatoms. The lowest BCUT2D eigenvalue weighted by Gasteiger charge is -2.30. The molecule has 0 aliphatic rings. The number of carbonyl (C=O) groups is 1. The second kappa shape index (κ2) is 9.93. The van der Waals surface area contributed by atoms with E-state index in [9.17, 15) is 17.6 Å². The van der Waals surface area contributed by atoms with E-state index >= 15 is 0 Å². The molecule has 0 saturated heterocycles. The molecule has 0 heterocycles. The van der Waals surface area contributed by atoms with Gasteiger partial charge in [0.05, 0.1) is 18.5 Å². The zero-order valence-corrected chi connectivity index (χ0v) is 18.1. The molecule has 0 bridgehead atoms. The van der Waals surface area contributed by atoms with Gasteiger partial charge < -0.3 is 10.1 Å². The normalized spacial score (nSPS) is 12.3. The molecule has 29 heavy (non-hydrogen) atoms. The van der Waals surface area contributed by atoms with Crippen molar-refractivity contribution in [2.75, 3.05) is 23.7 Å². The Kier molecular flexibility index (Phi) is 7.87. The summed E-state index contributed by atoms with van der Waals surface area (Å²) < 4.78 is 45.2. The van der Waals surface area contributed by atoms with Gasteiger partial charge in [0, 0.05) is 5.02 Å². The first kappa shape index (κ1) is 23.0. The Labute approximate surface area is 175 Å². The van der Waals surface area contributed by atoms with E-state index in [2.05, 4.69) is 5.32 Å². The second-order valence-electron chi connectivity index (χ2n) is 6.48. The molecule has 1 amide bonds. The molecule has 0 aliphatic heterocycles. The first-order chi connectivity index (χ1) is 13.6. The van der Waals surface area contributed by atoms with Crippen LogP contribution < -0.4 is 14.4 Å². The van der Waals surface area contributed by atoms with E-state index in [1.807, 2.05) is 13.0 Å². The maximum atomic E-state index is 14.2. The van der Waals surface area contributed by atoms with Gasteiger partial charge in [0.25, 0.3) is 0 Å². The number of hydrogen-bond donors (Lipinski definition) is 1. The summed E-state index contributed by atoms with van der Waals surface area (Å²) >= 11 is 6.04. The summed E-state index contributed by atoms with van der Waals surface area (Å²) in [5.41, 5.74) is 0.759. The Balaban J connectivity index is 2.05. The van der Waals surface area contributed by atoms with Crippen molar-refractivity contribution < 1.29 is 22.3 Å². The third-order valence-corrected chi connectivity index (χ3v) is 5.81. The van der Waals surface area contributed by atoms with E-state index in [4.69, 9.17) is 16.3 Å². The van der Waals surface area contributed by atoms with E-state index < -0.39 is 27.8 Å². The molecule has 0 spiro atoms. The Hall–Kier alpha value is -2.32. The fraction of sp³-hybridized carbons (Fsp3) is 0.350. The highest BCUT2D eigenvalue weighted by Gasteiger charge is 2.32. The van der Waals surface area contributed by atoms with Crippen molar-refractivity contribution in [2.45, 2.75) is 26.3 Å². The van der Waals surface area contributed by atoms with E-state index in [0.717, 1.165) is 22.2 Å². The Morgan fingerprint density at radius 1 is 1.28 bits per heavy atom. The number of benzene rings is 2. The monoisotopic (exact) mass is 442 g/mol. The maximum absolute atomic E-state index is 14.2. The Morgan fingerprint density at radius 3 is 2.55 bits per heavy atom. The highest BCUT2D eigenvalue weighted by atomic mass is 35.5. The van der Waals surface area contributed by atoms with Crippen molar-refractivity contribution >= 4 is 33.2 Å². The summed E-state index contributed by atoms with van der Waals surface area (Å²) in [6, 6.07) is 9.63. The molecule has 1 atom stereocenters.